The Labute approximate surface area is 199 Å². The second kappa shape index (κ2) is 9.32. The van der Waals surface area contributed by atoms with Crippen molar-refractivity contribution in [3.8, 4) is 11.5 Å². The van der Waals surface area contributed by atoms with Gasteiger partial charge in [-0.3, -0.25) is 0 Å². The third-order valence-corrected chi connectivity index (χ3v) is 5.53. The molecule has 0 unspecified atom stereocenters. The van der Waals surface area contributed by atoms with Crippen LogP contribution in [0.25, 0.3) is 11.2 Å². The zero-order valence-corrected chi connectivity index (χ0v) is 18.9. The highest BCUT2D eigenvalue weighted by atomic mass is 19.4. The molecule has 0 spiro atoms. The van der Waals surface area contributed by atoms with Crippen LogP contribution in [0.15, 0.2) is 48.8 Å². The van der Waals surface area contributed by atoms with Gasteiger partial charge in [-0.05, 0) is 41.8 Å². The third-order valence-electron chi connectivity index (χ3n) is 5.53. The number of hydrogen-bond donors (Lipinski definition) is 2. The second-order valence-corrected chi connectivity index (χ2v) is 8.10. The van der Waals surface area contributed by atoms with Gasteiger partial charge in [-0.2, -0.15) is 23.1 Å². The monoisotopic (exact) mass is 484 g/mol. The Hall–Kier alpha value is -4.02. The summed E-state index contributed by atoms with van der Waals surface area (Å²) in [5, 5.41) is 6.52. The topological polar surface area (TPSA) is 86.1 Å². The highest BCUT2D eigenvalue weighted by Gasteiger charge is 2.30. The summed E-state index contributed by atoms with van der Waals surface area (Å²) in [5.74, 6) is 2.41. The SMILES string of the molecule is CCCNc1nc(NCc2ccc3c(c2)OCO3)nc2c1ncn2Cc1ccc(C(F)(F)F)cc1. The van der Waals surface area contributed by atoms with Crippen molar-refractivity contribution in [3.05, 3.63) is 65.5 Å². The highest BCUT2D eigenvalue weighted by Crippen LogP contribution is 2.33. The van der Waals surface area contributed by atoms with Crippen molar-refractivity contribution in [1.29, 1.82) is 0 Å². The van der Waals surface area contributed by atoms with Crippen molar-refractivity contribution in [1.82, 2.24) is 19.5 Å². The zero-order chi connectivity index (χ0) is 24.4. The second-order valence-electron chi connectivity index (χ2n) is 8.10. The summed E-state index contributed by atoms with van der Waals surface area (Å²) in [4.78, 5) is 13.7. The molecule has 35 heavy (non-hydrogen) atoms. The molecule has 2 N–H and O–H groups in total. The molecular weight excluding hydrogens is 461 g/mol. The van der Waals surface area contributed by atoms with Crippen molar-refractivity contribution in [2.24, 2.45) is 0 Å². The molecule has 2 aromatic carbocycles. The molecule has 182 valence electrons. The van der Waals surface area contributed by atoms with Crippen LogP contribution in [0.5, 0.6) is 11.5 Å². The molecule has 1 aliphatic rings. The smallest absolute Gasteiger partial charge is 0.416 e. The molecule has 4 aromatic rings. The minimum Gasteiger partial charge on any atom is -0.454 e. The lowest BCUT2D eigenvalue weighted by Crippen LogP contribution is -2.10. The van der Waals surface area contributed by atoms with Crippen molar-refractivity contribution >= 4 is 22.9 Å². The van der Waals surface area contributed by atoms with E-state index < -0.39 is 11.7 Å². The number of rotatable bonds is 8. The molecule has 1 aliphatic heterocycles. The van der Waals surface area contributed by atoms with Gasteiger partial charge in [0, 0.05) is 13.1 Å². The van der Waals surface area contributed by atoms with Gasteiger partial charge in [0.25, 0.3) is 0 Å². The van der Waals surface area contributed by atoms with E-state index in [1.54, 1.807) is 10.9 Å². The van der Waals surface area contributed by atoms with E-state index in [0.29, 0.717) is 59.6 Å². The number of hydrogen-bond acceptors (Lipinski definition) is 7. The third kappa shape index (κ3) is 4.93. The van der Waals surface area contributed by atoms with E-state index in [4.69, 9.17) is 9.47 Å². The van der Waals surface area contributed by atoms with Crippen molar-refractivity contribution in [2.75, 3.05) is 24.0 Å². The van der Waals surface area contributed by atoms with Gasteiger partial charge < -0.3 is 24.7 Å². The minimum absolute atomic E-state index is 0.210. The number of aromatic nitrogens is 4. The van der Waals surface area contributed by atoms with Gasteiger partial charge in [0.1, 0.15) is 0 Å². The van der Waals surface area contributed by atoms with Crippen LogP contribution in [-0.4, -0.2) is 32.9 Å². The molecule has 0 saturated carbocycles. The fourth-order valence-corrected chi connectivity index (χ4v) is 3.73. The number of nitrogens with zero attached hydrogens (tertiary/aromatic N) is 4. The van der Waals surface area contributed by atoms with Crippen LogP contribution < -0.4 is 20.1 Å². The van der Waals surface area contributed by atoms with Gasteiger partial charge in [-0.1, -0.05) is 25.1 Å². The summed E-state index contributed by atoms with van der Waals surface area (Å²) < 4.78 is 51.3. The minimum atomic E-state index is -4.37. The number of ether oxygens (including phenoxy) is 2. The van der Waals surface area contributed by atoms with Gasteiger partial charge >= 0.3 is 6.18 Å². The number of imidazole rings is 1. The first-order valence-corrected chi connectivity index (χ1v) is 11.2. The standard InChI is InChI=1S/C24H23F3N6O2/c1-2-9-28-21-20-22(33(13-30-20)12-15-3-6-17(7-4-15)24(25,26)27)32-23(31-21)29-11-16-5-8-18-19(10-16)35-14-34-18/h3-8,10,13H,2,9,11-12,14H2,1H3,(H2,28,29,31,32). The average Bonchev–Trinajstić information content (AvgIpc) is 3.48. The molecule has 0 aliphatic carbocycles. The highest BCUT2D eigenvalue weighted by molar-refractivity contribution is 5.84. The maximum absolute atomic E-state index is 12.9. The predicted molar refractivity (Wildman–Crippen MR) is 125 cm³/mol. The van der Waals surface area contributed by atoms with Crippen LogP contribution >= 0.6 is 0 Å². The van der Waals surface area contributed by atoms with Gasteiger partial charge in [0.05, 0.1) is 18.4 Å². The zero-order valence-electron chi connectivity index (χ0n) is 18.9. The fraction of sp³-hybridized carbons (Fsp3) is 0.292. The largest absolute Gasteiger partial charge is 0.454 e. The van der Waals surface area contributed by atoms with Crippen molar-refractivity contribution in [3.63, 3.8) is 0 Å². The fourth-order valence-electron chi connectivity index (χ4n) is 3.73. The molecule has 0 radical (unpaired) electrons. The Morgan fingerprint density at radius 2 is 1.74 bits per heavy atom. The first kappa shape index (κ1) is 22.8. The summed E-state index contributed by atoms with van der Waals surface area (Å²) >= 11 is 0. The van der Waals surface area contributed by atoms with E-state index in [-0.39, 0.29) is 6.79 Å². The summed E-state index contributed by atoms with van der Waals surface area (Å²) in [5.41, 5.74) is 2.17. The van der Waals surface area contributed by atoms with Crippen LogP contribution in [0.2, 0.25) is 0 Å². The molecule has 11 heteroatoms. The molecular formula is C24H23F3N6O2. The van der Waals surface area contributed by atoms with E-state index in [1.807, 2.05) is 25.1 Å². The summed E-state index contributed by atoms with van der Waals surface area (Å²) in [6, 6.07) is 10.8. The lowest BCUT2D eigenvalue weighted by Gasteiger charge is -2.11. The van der Waals surface area contributed by atoms with E-state index in [0.717, 1.165) is 24.1 Å². The lowest BCUT2D eigenvalue weighted by molar-refractivity contribution is -0.137. The lowest BCUT2D eigenvalue weighted by atomic mass is 10.1. The summed E-state index contributed by atoms with van der Waals surface area (Å²) in [6.07, 6.45) is -1.85. The van der Waals surface area contributed by atoms with Crippen LogP contribution in [0.1, 0.15) is 30.0 Å². The maximum atomic E-state index is 12.9. The van der Waals surface area contributed by atoms with Gasteiger partial charge in [0.2, 0.25) is 12.7 Å². The number of alkyl halides is 3. The van der Waals surface area contributed by atoms with E-state index in [9.17, 15) is 13.2 Å². The molecule has 0 amide bonds. The number of fused-ring (bicyclic) bond motifs is 2. The quantitative estimate of drug-likeness (QED) is 0.362. The average molecular weight is 484 g/mol. The van der Waals surface area contributed by atoms with E-state index in [1.165, 1.54) is 12.1 Å². The Bertz CT molecular complexity index is 1340. The summed E-state index contributed by atoms with van der Waals surface area (Å²) in [7, 11) is 0. The van der Waals surface area contributed by atoms with Crippen molar-refractivity contribution < 1.29 is 22.6 Å². The van der Waals surface area contributed by atoms with Crippen LogP contribution in [0.3, 0.4) is 0 Å². The number of nitrogens with one attached hydrogen (secondary N) is 2. The molecule has 0 saturated heterocycles. The van der Waals surface area contributed by atoms with Crippen LogP contribution in [0.4, 0.5) is 24.9 Å². The van der Waals surface area contributed by atoms with Gasteiger partial charge in [0.15, 0.2) is 28.5 Å². The summed E-state index contributed by atoms with van der Waals surface area (Å²) in [6.45, 7) is 3.75. The predicted octanol–water partition coefficient (Wildman–Crippen LogP) is 5.06. The van der Waals surface area contributed by atoms with Crippen molar-refractivity contribution in [2.45, 2.75) is 32.6 Å². The molecule has 3 heterocycles. The first-order valence-electron chi connectivity index (χ1n) is 11.2. The molecule has 0 atom stereocenters. The first-order chi connectivity index (χ1) is 16.9. The van der Waals surface area contributed by atoms with Crippen LogP contribution in [0, 0.1) is 0 Å². The van der Waals surface area contributed by atoms with Gasteiger partial charge in [-0.25, -0.2) is 4.98 Å². The van der Waals surface area contributed by atoms with Gasteiger partial charge in [-0.15, -0.1) is 0 Å². The number of anilines is 2. The maximum Gasteiger partial charge on any atom is 0.416 e. The Kier molecular flexibility index (Phi) is 6.06. The number of benzene rings is 2. The Balaban J connectivity index is 1.41. The molecule has 8 nitrogen and oxygen atoms in total. The Morgan fingerprint density at radius 3 is 2.51 bits per heavy atom. The molecule has 5 rings (SSSR count). The van der Waals surface area contributed by atoms with E-state index in [2.05, 4.69) is 25.6 Å². The Morgan fingerprint density at radius 1 is 0.971 bits per heavy atom. The normalized spacial score (nSPS) is 12.8. The van der Waals surface area contributed by atoms with Crippen LogP contribution in [-0.2, 0) is 19.3 Å². The molecule has 2 aromatic heterocycles. The molecule has 0 fully saturated rings. The number of halogens is 3. The van der Waals surface area contributed by atoms with E-state index >= 15 is 0 Å². The molecule has 0 bridgehead atoms.